The van der Waals surface area contributed by atoms with Crippen molar-refractivity contribution < 1.29 is 21.6 Å². The van der Waals surface area contributed by atoms with Crippen molar-refractivity contribution in [2.45, 2.75) is 11.8 Å². The van der Waals surface area contributed by atoms with Crippen LogP contribution in [0.3, 0.4) is 0 Å². The molecule has 8 heteroatoms. The molecule has 0 heterocycles. The third-order valence-electron chi connectivity index (χ3n) is 4.57. The molecule has 3 aromatic carbocycles. The maximum atomic E-state index is 14.0. The van der Waals surface area contributed by atoms with Gasteiger partial charge in [0.2, 0.25) is 9.84 Å². The Balaban J connectivity index is 2.44. The second kappa shape index (κ2) is 8.91. The highest BCUT2D eigenvalue weighted by Crippen LogP contribution is 2.37. The molecule has 0 unspecified atom stereocenters. The molecule has 0 saturated carbocycles. The van der Waals surface area contributed by atoms with Gasteiger partial charge in [-0.05, 0) is 72.2 Å². The first-order valence-corrected chi connectivity index (χ1v) is 11.1. The summed E-state index contributed by atoms with van der Waals surface area (Å²) >= 11 is 11.6. The second-order valence-corrected chi connectivity index (χ2v) is 9.35. The molecule has 0 aliphatic heterocycles. The molecule has 0 atom stereocenters. The summed E-state index contributed by atoms with van der Waals surface area (Å²) < 4.78 is 68.8. The minimum Gasteiger partial charge on any atom is -0.218 e. The van der Waals surface area contributed by atoms with E-state index in [1.54, 1.807) is 6.92 Å². The monoisotopic (exact) mass is 482 g/mol. The van der Waals surface area contributed by atoms with Crippen LogP contribution in [0.1, 0.15) is 16.7 Å². The van der Waals surface area contributed by atoms with E-state index in [-0.39, 0.29) is 36.5 Å². The molecule has 31 heavy (non-hydrogen) atoms. The summed E-state index contributed by atoms with van der Waals surface area (Å²) in [5, 5.41) is -0.484. The normalized spacial score (nSPS) is 12.5. The van der Waals surface area contributed by atoms with Crippen LogP contribution >= 0.6 is 23.2 Å². The first kappa shape index (κ1) is 23.1. The minimum absolute atomic E-state index is 0.0456. The summed E-state index contributed by atoms with van der Waals surface area (Å²) in [7, 11) is -4.33. The Hall–Kier alpha value is -2.54. The predicted molar refractivity (Wildman–Crippen MR) is 117 cm³/mol. The van der Waals surface area contributed by atoms with E-state index in [0.717, 1.165) is 36.4 Å². The number of hydrogen-bond donors (Lipinski definition) is 0. The van der Waals surface area contributed by atoms with E-state index in [1.165, 1.54) is 24.3 Å². The van der Waals surface area contributed by atoms with E-state index in [9.17, 15) is 21.6 Å². The highest BCUT2D eigenvalue weighted by molar-refractivity contribution is 7.95. The molecule has 3 rings (SSSR count). The van der Waals surface area contributed by atoms with Crippen molar-refractivity contribution in [3.63, 3.8) is 0 Å². The van der Waals surface area contributed by atoms with E-state index >= 15 is 0 Å². The Morgan fingerprint density at radius 1 is 0.935 bits per heavy atom. The SMILES string of the molecule is C=C/C(=C(/c1cccc(F)c1)c1cc(Cl)c(F)cc1C)S(=O)(=O)c1ccc(Cl)c(F)c1. The molecule has 0 aromatic heterocycles. The summed E-state index contributed by atoms with van der Waals surface area (Å²) in [4.78, 5) is -0.699. The Morgan fingerprint density at radius 2 is 1.61 bits per heavy atom. The summed E-state index contributed by atoms with van der Waals surface area (Å²) in [5.74, 6) is -2.22. The number of rotatable bonds is 5. The standard InChI is InChI=1S/C23H15Cl2F3O2S/c1-3-22(31(29,30)16-7-8-18(24)21(28)11-16)23(14-5-4-6-15(26)10-14)17-12-19(25)20(27)9-13(17)2/h3-12H,1H2,2H3/b23-22+. The van der Waals surface area contributed by atoms with E-state index in [4.69, 9.17) is 23.2 Å². The largest absolute Gasteiger partial charge is 0.218 e. The Bertz CT molecular complexity index is 1330. The average Bonchev–Trinajstić information content (AvgIpc) is 2.71. The highest BCUT2D eigenvalue weighted by atomic mass is 35.5. The number of hydrogen-bond acceptors (Lipinski definition) is 2. The highest BCUT2D eigenvalue weighted by Gasteiger charge is 2.26. The molecule has 3 aromatic rings. The van der Waals surface area contributed by atoms with Gasteiger partial charge < -0.3 is 0 Å². The maximum Gasteiger partial charge on any atom is 0.207 e. The molecule has 0 saturated heterocycles. The fourth-order valence-electron chi connectivity index (χ4n) is 3.11. The average molecular weight is 483 g/mol. The third-order valence-corrected chi connectivity index (χ3v) is 6.99. The van der Waals surface area contributed by atoms with Crippen LogP contribution < -0.4 is 0 Å². The maximum absolute atomic E-state index is 14.0. The van der Waals surface area contributed by atoms with Crippen LogP contribution in [0.5, 0.6) is 0 Å². The van der Waals surface area contributed by atoms with Gasteiger partial charge in [0.05, 0.1) is 19.8 Å². The van der Waals surface area contributed by atoms with E-state index in [0.29, 0.717) is 5.56 Å². The molecule has 0 amide bonds. The van der Waals surface area contributed by atoms with Crippen LogP contribution in [0.4, 0.5) is 13.2 Å². The van der Waals surface area contributed by atoms with Gasteiger partial charge in [0.25, 0.3) is 0 Å². The molecular weight excluding hydrogens is 468 g/mol. The molecule has 2 nitrogen and oxygen atoms in total. The van der Waals surface area contributed by atoms with Crippen molar-refractivity contribution in [2.75, 3.05) is 0 Å². The zero-order chi connectivity index (χ0) is 22.9. The van der Waals surface area contributed by atoms with Crippen LogP contribution in [0, 0.1) is 24.4 Å². The van der Waals surface area contributed by atoms with E-state index < -0.39 is 27.3 Å². The molecule has 0 fully saturated rings. The predicted octanol–water partition coefficient (Wildman–Crippen LogP) is 7.14. The summed E-state index contributed by atoms with van der Waals surface area (Å²) in [6.07, 6.45) is 1.07. The fraction of sp³-hybridized carbons (Fsp3) is 0.0435. The van der Waals surface area contributed by atoms with E-state index in [2.05, 4.69) is 6.58 Å². The van der Waals surface area contributed by atoms with Crippen molar-refractivity contribution >= 4 is 38.6 Å². The van der Waals surface area contributed by atoms with Gasteiger partial charge in [0.15, 0.2) is 0 Å². The molecule has 0 radical (unpaired) electrons. The van der Waals surface area contributed by atoms with Crippen molar-refractivity contribution in [1.82, 2.24) is 0 Å². The van der Waals surface area contributed by atoms with E-state index in [1.807, 2.05) is 0 Å². The van der Waals surface area contributed by atoms with Crippen molar-refractivity contribution in [2.24, 2.45) is 0 Å². The van der Waals surface area contributed by atoms with Crippen LogP contribution in [-0.4, -0.2) is 8.42 Å². The fourth-order valence-corrected chi connectivity index (χ4v) is 4.86. The van der Waals surface area contributed by atoms with Crippen molar-refractivity contribution in [3.05, 3.63) is 116 Å². The van der Waals surface area contributed by atoms with Crippen LogP contribution in [0.25, 0.3) is 5.57 Å². The Kier molecular flexibility index (Phi) is 6.65. The number of allylic oxidation sites excluding steroid dienone is 1. The third kappa shape index (κ3) is 4.56. The number of halogens is 5. The Labute approximate surface area is 188 Å². The summed E-state index contributed by atoms with van der Waals surface area (Å²) in [5.41, 5.74) is 0.853. The first-order chi connectivity index (χ1) is 14.6. The lowest BCUT2D eigenvalue weighted by atomic mass is 9.93. The van der Waals surface area contributed by atoms with Gasteiger partial charge in [0.1, 0.15) is 17.5 Å². The lowest BCUT2D eigenvalue weighted by Crippen LogP contribution is -2.08. The molecule has 0 N–H and O–H groups in total. The molecule has 0 bridgehead atoms. The summed E-state index contributed by atoms with van der Waals surface area (Å²) in [6, 6.07) is 10.7. The minimum atomic E-state index is -4.33. The molecule has 0 spiro atoms. The quantitative estimate of drug-likeness (QED) is 0.362. The zero-order valence-electron chi connectivity index (χ0n) is 16.1. The van der Waals surface area contributed by atoms with Gasteiger partial charge in [-0.15, -0.1) is 0 Å². The molecule has 160 valence electrons. The number of aryl methyl sites for hydroxylation is 1. The van der Waals surface area contributed by atoms with Gasteiger partial charge in [-0.25, -0.2) is 21.6 Å². The van der Waals surface area contributed by atoms with Gasteiger partial charge in [-0.1, -0.05) is 41.9 Å². The van der Waals surface area contributed by atoms with Gasteiger partial charge in [-0.3, -0.25) is 0 Å². The van der Waals surface area contributed by atoms with Gasteiger partial charge >= 0.3 is 0 Å². The first-order valence-electron chi connectivity index (χ1n) is 8.85. The van der Waals surface area contributed by atoms with Crippen molar-refractivity contribution in [3.8, 4) is 0 Å². The van der Waals surface area contributed by atoms with Crippen LogP contribution in [0.15, 0.2) is 77.1 Å². The smallest absolute Gasteiger partial charge is 0.207 e. The second-order valence-electron chi connectivity index (χ2n) is 6.61. The lowest BCUT2D eigenvalue weighted by Gasteiger charge is -2.17. The van der Waals surface area contributed by atoms with Crippen LogP contribution in [-0.2, 0) is 9.84 Å². The van der Waals surface area contributed by atoms with Crippen LogP contribution in [0.2, 0.25) is 10.0 Å². The number of sulfone groups is 1. The number of benzene rings is 3. The molecule has 0 aliphatic carbocycles. The summed E-state index contributed by atoms with van der Waals surface area (Å²) in [6.45, 7) is 5.16. The van der Waals surface area contributed by atoms with Gasteiger partial charge in [0, 0.05) is 5.57 Å². The topological polar surface area (TPSA) is 34.1 Å². The Morgan fingerprint density at radius 3 is 2.23 bits per heavy atom. The van der Waals surface area contributed by atoms with Crippen molar-refractivity contribution in [1.29, 1.82) is 0 Å². The van der Waals surface area contributed by atoms with Gasteiger partial charge in [-0.2, -0.15) is 0 Å². The lowest BCUT2D eigenvalue weighted by molar-refractivity contribution is 0.597. The molecule has 0 aliphatic rings. The zero-order valence-corrected chi connectivity index (χ0v) is 18.4. The molecular formula is C23H15Cl2F3O2S.